The summed E-state index contributed by atoms with van der Waals surface area (Å²) in [7, 11) is 1.61. The fourth-order valence-electron chi connectivity index (χ4n) is 2.26. The van der Waals surface area contributed by atoms with Crippen LogP contribution in [0.25, 0.3) is 0 Å². The summed E-state index contributed by atoms with van der Waals surface area (Å²) >= 11 is 0. The first-order valence-electron chi connectivity index (χ1n) is 8.32. The van der Waals surface area contributed by atoms with E-state index in [1.54, 1.807) is 7.05 Å². The summed E-state index contributed by atoms with van der Waals surface area (Å²) in [6, 6.07) is 8.23. The van der Waals surface area contributed by atoms with Crippen LogP contribution in [-0.4, -0.2) is 41.5 Å². The normalized spacial score (nSPS) is 14.2. The third-order valence-electron chi connectivity index (χ3n) is 3.77. The lowest BCUT2D eigenvalue weighted by atomic mass is 10.0. The number of carbonyl (C=O) groups is 2. The third kappa shape index (κ3) is 5.96. The Morgan fingerprint density at radius 1 is 1.17 bits per heavy atom. The number of hydrogen-bond donors (Lipinski definition) is 1. The van der Waals surface area contributed by atoms with Crippen LogP contribution in [0.2, 0.25) is 0 Å². The van der Waals surface area contributed by atoms with Crippen molar-refractivity contribution >= 4 is 11.9 Å². The molecule has 0 bridgehead atoms. The van der Waals surface area contributed by atoms with Crippen LogP contribution in [0.1, 0.15) is 40.2 Å². The second kappa shape index (κ2) is 8.29. The molecule has 0 saturated carbocycles. The molecular formula is C19H30N2O3. The van der Waals surface area contributed by atoms with E-state index in [9.17, 15) is 9.59 Å². The van der Waals surface area contributed by atoms with Crippen molar-refractivity contribution < 1.29 is 14.3 Å². The lowest BCUT2D eigenvalue weighted by Crippen LogP contribution is -2.53. The van der Waals surface area contributed by atoms with E-state index in [1.807, 2.05) is 65.0 Å². The van der Waals surface area contributed by atoms with Crippen molar-refractivity contribution in [2.75, 3.05) is 7.05 Å². The molecule has 0 aromatic heterocycles. The smallest absolute Gasteiger partial charge is 0.329 e. The van der Waals surface area contributed by atoms with Crippen molar-refractivity contribution in [3.8, 4) is 0 Å². The van der Waals surface area contributed by atoms with Crippen molar-refractivity contribution in [3.05, 3.63) is 35.9 Å². The maximum atomic E-state index is 12.6. The second-order valence-electron chi connectivity index (χ2n) is 7.46. The molecule has 0 unspecified atom stereocenters. The largest absolute Gasteiger partial charge is 0.458 e. The summed E-state index contributed by atoms with van der Waals surface area (Å²) in [5, 5.41) is 0. The number of ether oxygens (including phenoxy) is 1. The molecule has 0 heterocycles. The van der Waals surface area contributed by atoms with E-state index in [0.29, 0.717) is 6.42 Å². The molecule has 1 aromatic carbocycles. The van der Waals surface area contributed by atoms with E-state index < -0.39 is 23.7 Å². The lowest BCUT2D eigenvalue weighted by Gasteiger charge is -2.32. The molecule has 0 aliphatic carbocycles. The highest BCUT2D eigenvalue weighted by atomic mass is 16.6. The van der Waals surface area contributed by atoms with Crippen LogP contribution in [-0.2, 0) is 20.7 Å². The highest BCUT2D eigenvalue weighted by molar-refractivity contribution is 5.87. The van der Waals surface area contributed by atoms with Gasteiger partial charge in [0.2, 0.25) is 5.91 Å². The minimum absolute atomic E-state index is 0.00374. The molecule has 1 rings (SSSR count). The Morgan fingerprint density at radius 3 is 2.17 bits per heavy atom. The zero-order valence-electron chi connectivity index (χ0n) is 15.6. The Labute approximate surface area is 145 Å². The summed E-state index contributed by atoms with van der Waals surface area (Å²) in [6.45, 7) is 9.20. The first-order chi connectivity index (χ1) is 11.0. The van der Waals surface area contributed by atoms with E-state index in [2.05, 4.69) is 0 Å². The minimum Gasteiger partial charge on any atom is -0.458 e. The number of nitrogens with two attached hydrogens (primary N) is 1. The first kappa shape index (κ1) is 20.2. The average molecular weight is 334 g/mol. The number of hydrogen-bond acceptors (Lipinski definition) is 4. The third-order valence-corrected chi connectivity index (χ3v) is 3.77. The molecule has 0 radical (unpaired) electrons. The van der Waals surface area contributed by atoms with E-state index >= 15 is 0 Å². The standard InChI is InChI=1S/C19H30N2O3/c1-13(2)16(20)17(22)21(6)15(18(23)24-19(3,4)5)12-14-10-8-7-9-11-14/h7-11,13,15-16H,12,20H2,1-6H3/t15-,16-/m0/s1. The van der Waals surface area contributed by atoms with Gasteiger partial charge in [-0.15, -0.1) is 0 Å². The molecular weight excluding hydrogens is 304 g/mol. The van der Waals surface area contributed by atoms with Crippen molar-refractivity contribution in [1.82, 2.24) is 4.90 Å². The molecule has 134 valence electrons. The van der Waals surface area contributed by atoms with Gasteiger partial charge >= 0.3 is 5.97 Å². The van der Waals surface area contributed by atoms with Crippen molar-refractivity contribution in [3.63, 3.8) is 0 Å². The number of carbonyl (C=O) groups excluding carboxylic acids is 2. The number of benzene rings is 1. The second-order valence-corrected chi connectivity index (χ2v) is 7.46. The molecule has 2 N–H and O–H groups in total. The molecule has 0 aliphatic heterocycles. The SMILES string of the molecule is CC(C)[C@H](N)C(=O)N(C)[C@@H](Cc1ccccc1)C(=O)OC(C)(C)C. The number of rotatable bonds is 6. The van der Waals surface area contributed by atoms with Gasteiger partial charge in [0.1, 0.15) is 11.6 Å². The molecule has 1 amide bonds. The summed E-state index contributed by atoms with van der Waals surface area (Å²) in [5.41, 5.74) is 6.33. The molecule has 5 heteroatoms. The topological polar surface area (TPSA) is 72.6 Å². The van der Waals surface area contributed by atoms with E-state index in [-0.39, 0.29) is 11.8 Å². The van der Waals surface area contributed by atoms with Gasteiger partial charge in [0, 0.05) is 13.5 Å². The number of esters is 1. The highest BCUT2D eigenvalue weighted by Gasteiger charge is 2.33. The molecule has 24 heavy (non-hydrogen) atoms. The fourth-order valence-corrected chi connectivity index (χ4v) is 2.26. The first-order valence-corrected chi connectivity index (χ1v) is 8.32. The van der Waals surface area contributed by atoms with Gasteiger partial charge in [0.05, 0.1) is 6.04 Å². The van der Waals surface area contributed by atoms with Crippen molar-refractivity contribution in [1.29, 1.82) is 0 Å². The van der Waals surface area contributed by atoms with Crippen LogP contribution in [0.5, 0.6) is 0 Å². The van der Waals surface area contributed by atoms with Gasteiger partial charge in [-0.1, -0.05) is 44.2 Å². The van der Waals surface area contributed by atoms with Gasteiger partial charge in [-0.25, -0.2) is 4.79 Å². The molecule has 0 fully saturated rings. The van der Waals surface area contributed by atoms with Gasteiger partial charge in [-0.3, -0.25) is 4.79 Å². The molecule has 1 aromatic rings. The van der Waals surface area contributed by atoms with E-state index in [4.69, 9.17) is 10.5 Å². The number of amides is 1. The zero-order valence-corrected chi connectivity index (χ0v) is 15.6. The Morgan fingerprint density at radius 2 is 1.71 bits per heavy atom. The fraction of sp³-hybridized carbons (Fsp3) is 0.579. The monoisotopic (exact) mass is 334 g/mol. The Hall–Kier alpha value is -1.88. The van der Waals surface area contributed by atoms with Crippen LogP contribution in [0, 0.1) is 5.92 Å². The predicted molar refractivity (Wildman–Crippen MR) is 95.4 cm³/mol. The van der Waals surface area contributed by atoms with Gasteiger partial charge in [0.25, 0.3) is 0 Å². The summed E-state index contributed by atoms with van der Waals surface area (Å²) in [5.74, 6) is -0.675. The molecule has 0 saturated heterocycles. The molecule has 5 nitrogen and oxygen atoms in total. The van der Waals surface area contributed by atoms with Gasteiger partial charge < -0.3 is 15.4 Å². The van der Waals surface area contributed by atoms with Crippen molar-refractivity contribution in [2.24, 2.45) is 11.7 Å². The van der Waals surface area contributed by atoms with E-state index in [0.717, 1.165) is 5.56 Å². The maximum Gasteiger partial charge on any atom is 0.329 e. The summed E-state index contributed by atoms with van der Waals surface area (Å²) in [4.78, 5) is 26.6. The van der Waals surface area contributed by atoms with Crippen LogP contribution < -0.4 is 5.73 Å². The highest BCUT2D eigenvalue weighted by Crippen LogP contribution is 2.16. The van der Waals surface area contributed by atoms with Crippen molar-refractivity contribution in [2.45, 2.75) is 58.7 Å². The summed E-state index contributed by atoms with van der Waals surface area (Å²) < 4.78 is 5.51. The zero-order chi connectivity index (χ0) is 18.5. The number of nitrogens with zero attached hydrogens (tertiary/aromatic N) is 1. The number of likely N-dealkylation sites (N-methyl/N-ethyl adjacent to an activating group) is 1. The Bertz CT molecular complexity index is 549. The molecule has 0 aliphatic rings. The predicted octanol–water partition coefficient (Wildman–Crippen LogP) is 2.38. The quantitative estimate of drug-likeness (QED) is 0.811. The Balaban J connectivity index is 3.03. The van der Waals surface area contributed by atoms with Crippen LogP contribution in [0.4, 0.5) is 0 Å². The van der Waals surface area contributed by atoms with Gasteiger partial charge in [-0.05, 0) is 32.3 Å². The van der Waals surface area contributed by atoms with Crippen LogP contribution >= 0.6 is 0 Å². The molecule has 0 spiro atoms. The van der Waals surface area contributed by atoms with E-state index in [1.165, 1.54) is 4.90 Å². The van der Waals surface area contributed by atoms with Crippen LogP contribution in [0.15, 0.2) is 30.3 Å². The lowest BCUT2D eigenvalue weighted by molar-refractivity contribution is -0.164. The maximum absolute atomic E-state index is 12.6. The van der Waals surface area contributed by atoms with Gasteiger partial charge in [-0.2, -0.15) is 0 Å². The summed E-state index contributed by atoms with van der Waals surface area (Å²) in [6.07, 6.45) is 0.392. The van der Waals surface area contributed by atoms with Crippen LogP contribution in [0.3, 0.4) is 0 Å². The average Bonchev–Trinajstić information content (AvgIpc) is 2.49. The van der Waals surface area contributed by atoms with Gasteiger partial charge in [0.15, 0.2) is 0 Å². The molecule has 2 atom stereocenters. The Kier molecular flexibility index (Phi) is 6.96. The minimum atomic E-state index is -0.705.